The Bertz CT molecular complexity index is 699. The van der Waals surface area contributed by atoms with Crippen molar-refractivity contribution in [3.05, 3.63) is 59.3 Å². The van der Waals surface area contributed by atoms with Crippen molar-refractivity contribution in [2.45, 2.75) is 25.2 Å². The van der Waals surface area contributed by atoms with E-state index >= 15 is 0 Å². The molecule has 0 unspecified atom stereocenters. The Morgan fingerprint density at radius 3 is 3.00 bits per heavy atom. The van der Waals surface area contributed by atoms with Crippen LogP contribution in [0.25, 0.3) is 0 Å². The van der Waals surface area contributed by atoms with Gasteiger partial charge in [-0.1, -0.05) is 12.1 Å². The second-order valence-corrected chi connectivity index (χ2v) is 5.62. The average molecular weight is 319 g/mol. The van der Waals surface area contributed by atoms with Crippen molar-refractivity contribution >= 4 is 5.91 Å². The van der Waals surface area contributed by atoms with Crippen LogP contribution >= 0.6 is 0 Å². The normalized spacial score (nSPS) is 20.9. The summed E-state index contributed by atoms with van der Waals surface area (Å²) in [6.07, 6.45) is -0.262. The summed E-state index contributed by atoms with van der Waals surface area (Å²) in [6.45, 7) is 0.476. The number of hydrogen-bond acceptors (Lipinski definition) is 4. The van der Waals surface area contributed by atoms with Gasteiger partial charge in [0, 0.05) is 13.7 Å². The van der Waals surface area contributed by atoms with Crippen LogP contribution in [0.3, 0.4) is 0 Å². The Hall–Kier alpha value is -2.18. The van der Waals surface area contributed by atoms with Gasteiger partial charge >= 0.3 is 0 Å². The van der Waals surface area contributed by atoms with Gasteiger partial charge in [0.1, 0.15) is 18.2 Å². The molecule has 122 valence electrons. The fourth-order valence-corrected chi connectivity index (χ4v) is 2.92. The van der Waals surface area contributed by atoms with Crippen LogP contribution in [0.1, 0.15) is 34.3 Å². The van der Waals surface area contributed by atoms with Crippen molar-refractivity contribution in [2.24, 2.45) is 0 Å². The number of likely N-dealkylation sites (tertiary alicyclic amines) is 1. The molecule has 0 spiro atoms. The van der Waals surface area contributed by atoms with Crippen molar-refractivity contribution in [1.29, 1.82) is 0 Å². The Kier molecular flexibility index (Phi) is 4.45. The minimum Gasteiger partial charge on any atom is -0.453 e. The molecule has 1 fully saturated rings. The molecule has 0 bridgehead atoms. The highest BCUT2D eigenvalue weighted by Gasteiger charge is 2.36. The van der Waals surface area contributed by atoms with E-state index in [9.17, 15) is 14.3 Å². The topological polar surface area (TPSA) is 62.9 Å². The van der Waals surface area contributed by atoms with Gasteiger partial charge in [0.25, 0.3) is 5.91 Å². The molecule has 0 aliphatic carbocycles. The quantitative estimate of drug-likeness (QED) is 0.940. The zero-order chi connectivity index (χ0) is 16.4. The second-order valence-electron chi connectivity index (χ2n) is 5.62. The van der Waals surface area contributed by atoms with Crippen molar-refractivity contribution < 1.29 is 23.4 Å². The van der Waals surface area contributed by atoms with E-state index in [0.717, 1.165) is 0 Å². The van der Waals surface area contributed by atoms with Gasteiger partial charge in [0.05, 0.1) is 12.1 Å². The Balaban J connectivity index is 1.85. The SMILES string of the molecule is COCc1ccc(C(=O)N2C[C@H](O)C[C@H]2c2cccc(F)c2)o1. The molecule has 6 heteroatoms. The number of rotatable bonds is 4. The number of β-amino-alcohol motifs (C(OH)–C–C–N with tert-alkyl or cyclic N) is 1. The van der Waals surface area contributed by atoms with E-state index in [2.05, 4.69) is 0 Å². The first kappa shape index (κ1) is 15.7. The number of ether oxygens (including phenoxy) is 1. The van der Waals surface area contributed by atoms with Gasteiger partial charge in [-0.2, -0.15) is 0 Å². The molecule has 23 heavy (non-hydrogen) atoms. The van der Waals surface area contributed by atoms with E-state index in [4.69, 9.17) is 9.15 Å². The van der Waals surface area contributed by atoms with Crippen LogP contribution < -0.4 is 0 Å². The van der Waals surface area contributed by atoms with Gasteiger partial charge in [-0.15, -0.1) is 0 Å². The molecule has 1 aliphatic heterocycles. The lowest BCUT2D eigenvalue weighted by Crippen LogP contribution is -2.31. The van der Waals surface area contributed by atoms with Crippen molar-refractivity contribution in [3.8, 4) is 0 Å². The highest BCUT2D eigenvalue weighted by Crippen LogP contribution is 2.33. The maximum absolute atomic E-state index is 13.5. The monoisotopic (exact) mass is 319 g/mol. The smallest absolute Gasteiger partial charge is 0.290 e. The minimum absolute atomic E-state index is 0.188. The summed E-state index contributed by atoms with van der Waals surface area (Å²) in [5.74, 6) is 0.0558. The molecule has 2 atom stereocenters. The van der Waals surface area contributed by atoms with Crippen LogP contribution in [0.5, 0.6) is 0 Å². The molecular formula is C17H18FNO4. The molecule has 1 saturated heterocycles. The number of halogens is 1. The van der Waals surface area contributed by atoms with E-state index in [1.165, 1.54) is 17.0 Å². The first-order chi connectivity index (χ1) is 11.1. The molecule has 1 aromatic carbocycles. The predicted molar refractivity (Wildman–Crippen MR) is 80.2 cm³/mol. The first-order valence-corrected chi connectivity index (χ1v) is 7.40. The van der Waals surface area contributed by atoms with E-state index in [0.29, 0.717) is 17.7 Å². The first-order valence-electron chi connectivity index (χ1n) is 7.40. The van der Waals surface area contributed by atoms with Crippen LogP contribution in [-0.4, -0.2) is 35.7 Å². The van der Waals surface area contributed by atoms with Crippen molar-refractivity contribution in [2.75, 3.05) is 13.7 Å². The number of carbonyl (C=O) groups is 1. The minimum atomic E-state index is -0.638. The lowest BCUT2D eigenvalue weighted by atomic mass is 10.0. The van der Waals surface area contributed by atoms with Crippen LogP contribution in [0.15, 0.2) is 40.8 Å². The molecule has 0 radical (unpaired) electrons. The van der Waals surface area contributed by atoms with Gasteiger partial charge < -0.3 is 19.2 Å². The molecule has 1 amide bonds. The third-order valence-electron chi connectivity index (χ3n) is 3.93. The Labute approximate surface area is 133 Å². The molecule has 1 aromatic heterocycles. The van der Waals surface area contributed by atoms with Crippen molar-refractivity contribution in [3.63, 3.8) is 0 Å². The van der Waals surface area contributed by atoms with Gasteiger partial charge in [-0.05, 0) is 36.2 Å². The summed E-state index contributed by atoms with van der Waals surface area (Å²) < 4.78 is 23.9. The molecule has 5 nitrogen and oxygen atoms in total. The molecule has 3 rings (SSSR count). The summed E-state index contributed by atoms with van der Waals surface area (Å²) in [6, 6.07) is 8.99. The van der Waals surface area contributed by atoms with E-state index in [1.807, 2.05) is 0 Å². The fourth-order valence-electron chi connectivity index (χ4n) is 2.92. The summed E-state index contributed by atoms with van der Waals surface area (Å²) in [4.78, 5) is 14.2. The van der Waals surface area contributed by atoms with Crippen LogP contribution in [0, 0.1) is 5.82 Å². The van der Waals surface area contributed by atoms with E-state index in [-0.39, 0.29) is 36.7 Å². The number of aliphatic hydroxyl groups excluding tert-OH is 1. The maximum atomic E-state index is 13.5. The van der Waals surface area contributed by atoms with Crippen LogP contribution in [-0.2, 0) is 11.3 Å². The molecule has 1 N–H and O–H groups in total. The number of methoxy groups -OCH3 is 1. The summed E-state index contributed by atoms with van der Waals surface area (Å²) in [7, 11) is 1.54. The Morgan fingerprint density at radius 1 is 1.43 bits per heavy atom. The number of nitrogens with zero attached hydrogens (tertiary/aromatic N) is 1. The van der Waals surface area contributed by atoms with Crippen LogP contribution in [0.4, 0.5) is 4.39 Å². The third kappa shape index (κ3) is 3.28. The molecule has 2 heterocycles. The second kappa shape index (κ2) is 6.52. The zero-order valence-corrected chi connectivity index (χ0v) is 12.7. The Morgan fingerprint density at radius 2 is 2.26 bits per heavy atom. The molecule has 0 saturated carbocycles. The highest BCUT2D eigenvalue weighted by molar-refractivity contribution is 5.92. The molecule has 2 aromatic rings. The summed E-state index contributed by atoms with van der Waals surface area (Å²) in [5.41, 5.74) is 0.665. The average Bonchev–Trinajstić information content (AvgIpc) is 3.14. The number of aliphatic hydroxyl groups is 1. The van der Waals surface area contributed by atoms with Crippen molar-refractivity contribution in [1.82, 2.24) is 4.90 Å². The largest absolute Gasteiger partial charge is 0.453 e. The maximum Gasteiger partial charge on any atom is 0.290 e. The number of amides is 1. The number of carbonyl (C=O) groups excluding carboxylic acids is 1. The lowest BCUT2D eigenvalue weighted by molar-refractivity contribution is 0.0676. The molecule has 1 aliphatic rings. The fraction of sp³-hybridized carbons (Fsp3) is 0.353. The van der Waals surface area contributed by atoms with Gasteiger partial charge in [-0.25, -0.2) is 4.39 Å². The summed E-state index contributed by atoms with van der Waals surface area (Å²) >= 11 is 0. The third-order valence-corrected chi connectivity index (χ3v) is 3.93. The summed E-state index contributed by atoms with van der Waals surface area (Å²) in [5, 5.41) is 9.95. The van der Waals surface area contributed by atoms with E-state index in [1.54, 1.807) is 31.4 Å². The molecular weight excluding hydrogens is 301 g/mol. The zero-order valence-electron chi connectivity index (χ0n) is 12.7. The number of furan rings is 1. The number of hydrogen-bond donors (Lipinski definition) is 1. The predicted octanol–water partition coefficient (Wildman–Crippen LogP) is 2.51. The van der Waals surface area contributed by atoms with Gasteiger partial charge in [0.15, 0.2) is 5.76 Å². The van der Waals surface area contributed by atoms with E-state index < -0.39 is 6.10 Å². The van der Waals surface area contributed by atoms with Gasteiger partial charge in [0.2, 0.25) is 0 Å². The highest BCUT2D eigenvalue weighted by atomic mass is 19.1. The van der Waals surface area contributed by atoms with Crippen LogP contribution in [0.2, 0.25) is 0 Å². The van der Waals surface area contributed by atoms with Gasteiger partial charge in [-0.3, -0.25) is 4.79 Å². The number of benzene rings is 1. The lowest BCUT2D eigenvalue weighted by Gasteiger charge is -2.23. The standard InChI is InChI=1S/C17H18FNO4/c1-22-10-14-5-6-16(23-14)17(21)19-9-13(20)8-15(19)11-3-2-4-12(18)7-11/h2-7,13,15,20H,8-10H2,1H3/t13-,15+/m1/s1.